The van der Waals surface area contributed by atoms with Crippen LogP contribution < -0.4 is 10.0 Å². The second kappa shape index (κ2) is 8.68. The summed E-state index contributed by atoms with van der Waals surface area (Å²) in [6.07, 6.45) is 3.19. The number of nitrogens with one attached hydrogen (secondary N) is 2. The number of amides is 2. The maximum absolute atomic E-state index is 12.9. The Morgan fingerprint density at radius 3 is 2.68 bits per heavy atom. The minimum absolute atomic E-state index is 0.0290. The predicted molar refractivity (Wildman–Crippen MR) is 120 cm³/mol. The first-order valence-electron chi connectivity index (χ1n) is 9.78. The van der Waals surface area contributed by atoms with Gasteiger partial charge in [0.25, 0.3) is 10.0 Å². The van der Waals surface area contributed by atoms with Crippen LogP contribution in [0.3, 0.4) is 0 Å². The molecule has 11 heteroatoms. The number of nitrogens with zero attached hydrogens (tertiary/aromatic N) is 2. The normalized spacial score (nSPS) is 19.5. The highest BCUT2D eigenvalue weighted by molar-refractivity contribution is 8.01. The second-order valence-electron chi connectivity index (χ2n) is 7.62. The lowest BCUT2D eigenvalue weighted by molar-refractivity contribution is -0.135. The molecule has 3 heterocycles. The van der Waals surface area contributed by atoms with E-state index in [9.17, 15) is 18.0 Å². The molecule has 0 radical (unpaired) electrons. The van der Waals surface area contributed by atoms with Crippen LogP contribution in [-0.4, -0.2) is 48.5 Å². The monoisotopic (exact) mass is 480 g/mol. The highest BCUT2D eigenvalue weighted by Gasteiger charge is 2.37. The van der Waals surface area contributed by atoms with Crippen molar-refractivity contribution in [2.45, 2.75) is 34.8 Å². The molecular formula is C20H21ClN4O4S2. The van der Waals surface area contributed by atoms with E-state index in [1.165, 1.54) is 30.5 Å². The number of fused-ring (bicyclic) bond motifs is 1. The van der Waals surface area contributed by atoms with Crippen LogP contribution in [0.4, 0.5) is 11.5 Å². The number of hydrogen-bond donors (Lipinski definition) is 2. The highest BCUT2D eigenvalue weighted by atomic mass is 35.5. The Morgan fingerprint density at radius 2 is 2.00 bits per heavy atom. The van der Waals surface area contributed by atoms with E-state index in [1.807, 2.05) is 0 Å². The van der Waals surface area contributed by atoms with Crippen LogP contribution in [-0.2, 0) is 19.6 Å². The number of halogens is 1. The molecule has 2 aliphatic rings. The average Bonchev–Trinajstić information content (AvgIpc) is 2.74. The lowest BCUT2D eigenvalue weighted by atomic mass is 9.99. The van der Waals surface area contributed by atoms with E-state index >= 15 is 0 Å². The zero-order valence-electron chi connectivity index (χ0n) is 16.7. The van der Waals surface area contributed by atoms with Crippen LogP contribution in [0.25, 0.3) is 0 Å². The van der Waals surface area contributed by atoms with Crippen LogP contribution in [0.5, 0.6) is 0 Å². The Morgan fingerprint density at radius 1 is 1.26 bits per heavy atom. The first-order chi connectivity index (χ1) is 14.7. The summed E-state index contributed by atoms with van der Waals surface area (Å²) in [5.41, 5.74) is 0.359. The molecule has 2 aliphatic heterocycles. The van der Waals surface area contributed by atoms with E-state index in [-0.39, 0.29) is 16.6 Å². The molecule has 1 atom stereocenters. The number of hydrogen-bond acceptors (Lipinski definition) is 6. The molecule has 8 nitrogen and oxygen atoms in total. The number of sulfonamides is 1. The van der Waals surface area contributed by atoms with Crippen LogP contribution in [0, 0.1) is 5.92 Å². The molecular weight excluding hydrogens is 460 g/mol. The molecule has 0 bridgehead atoms. The Balaban J connectivity index is 1.51. The van der Waals surface area contributed by atoms with Crippen molar-refractivity contribution in [1.82, 2.24) is 9.88 Å². The van der Waals surface area contributed by atoms with Crippen molar-refractivity contribution in [2.24, 2.45) is 5.92 Å². The van der Waals surface area contributed by atoms with Crippen molar-refractivity contribution >= 4 is 56.7 Å². The zero-order valence-corrected chi connectivity index (χ0v) is 19.1. The molecule has 164 valence electrons. The van der Waals surface area contributed by atoms with Gasteiger partial charge in [0.15, 0.2) is 5.25 Å². The average molecular weight is 481 g/mol. The third-order valence-electron chi connectivity index (χ3n) is 5.29. The van der Waals surface area contributed by atoms with Crippen LogP contribution in [0.1, 0.15) is 19.8 Å². The van der Waals surface area contributed by atoms with E-state index in [0.717, 1.165) is 24.6 Å². The van der Waals surface area contributed by atoms with E-state index in [2.05, 4.69) is 21.9 Å². The van der Waals surface area contributed by atoms with Gasteiger partial charge in [-0.3, -0.25) is 14.3 Å². The molecule has 1 aromatic carbocycles. The van der Waals surface area contributed by atoms with Gasteiger partial charge in [0.1, 0.15) is 5.82 Å². The largest absolute Gasteiger partial charge is 0.341 e. The quantitative estimate of drug-likeness (QED) is 0.650. The smallest absolute Gasteiger partial charge is 0.263 e. The minimum atomic E-state index is -3.92. The number of carbonyl (C=O) groups is 2. The molecule has 1 fully saturated rings. The number of likely N-dealkylation sites (tertiary alicyclic amines) is 1. The number of thioether (sulfide) groups is 1. The molecule has 0 saturated carbocycles. The molecule has 2 aromatic rings. The van der Waals surface area contributed by atoms with Gasteiger partial charge in [0.2, 0.25) is 11.8 Å². The number of piperidine rings is 1. The Labute approximate surface area is 189 Å². The second-order valence-corrected chi connectivity index (χ2v) is 10.9. The molecule has 2 N–H and O–H groups in total. The van der Waals surface area contributed by atoms with Crippen LogP contribution in [0.15, 0.2) is 46.3 Å². The summed E-state index contributed by atoms with van der Waals surface area (Å²) in [4.78, 5) is 31.8. The number of anilines is 2. The van der Waals surface area contributed by atoms with Gasteiger partial charge in [-0.15, -0.1) is 11.8 Å². The van der Waals surface area contributed by atoms with Crippen molar-refractivity contribution in [1.29, 1.82) is 0 Å². The summed E-state index contributed by atoms with van der Waals surface area (Å²) >= 11 is 6.92. The van der Waals surface area contributed by atoms with Crippen molar-refractivity contribution in [3.05, 3.63) is 41.6 Å². The van der Waals surface area contributed by atoms with Gasteiger partial charge in [0, 0.05) is 24.2 Å². The number of aromatic nitrogens is 1. The van der Waals surface area contributed by atoms with Gasteiger partial charge < -0.3 is 10.2 Å². The van der Waals surface area contributed by atoms with Crippen molar-refractivity contribution in [2.75, 3.05) is 23.1 Å². The number of carbonyl (C=O) groups excluding carboxylic acids is 2. The van der Waals surface area contributed by atoms with E-state index in [4.69, 9.17) is 11.6 Å². The molecule has 1 saturated heterocycles. The van der Waals surface area contributed by atoms with Gasteiger partial charge >= 0.3 is 0 Å². The summed E-state index contributed by atoms with van der Waals surface area (Å²) in [6.45, 7) is 3.46. The Kier molecular flexibility index (Phi) is 6.14. The van der Waals surface area contributed by atoms with E-state index in [0.29, 0.717) is 34.6 Å². The fraction of sp³-hybridized carbons (Fsp3) is 0.350. The SMILES string of the molecule is CC1CCN(C(=O)C2Sc3ccc(S(=O)(=O)Nc4ccc(Cl)cn4)cc3NC2=O)CC1. The zero-order chi connectivity index (χ0) is 22.2. The number of rotatable bonds is 4. The third kappa shape index (κ3) is 4.81. The summed E-state index contributed by atoms with van der Waals surface area (Å²) in [7, 11) is -3.92. The molecule has 2 amide bonds. The standard InChI is InChI=1S/C20H21ClN4O4S2/c1-12-6-8-25(9-7-12)20(27)18-19(26)23-15-10-14(3-4-16(15)30-18)31(28,29)24-17-5-2-13(21)11-22-17/h2-5,10-12,18H,6-9H2,1H3,(H,22,24)(H,23,26). The topological polar surface area (TPSA) is 108 Å². The van der Waals surface area contributed by atoms with Crippen molar-refractivity contribution in [3.63, 3.8) is 0 Å². The van der Waals surface area contributed by atoms with Crippen molar-refractivity contribution in [3.8, 4) is 0 Å². The maximum Gasteiger partial charge on any atom is 0.263 e. The lowest BCUT2D eigenvalue weighted by Gasteiger charge is -2.33. The van der Waals surface area contributed by atoms with Gasteiger partial charge in [-0.25, -0.2) is 13.4 Å². The first-order valence-corrected chi connectivity index (χ1v) is 12.5. The lowest BCUT2D eigenvalue weighted by Crippen LogP contribution is -2.47. The van der Waals surface area contributed by atoms with Crippen molar-refractivity contribution < 1.29 is 18.0 Å². The molecule has 1 unspecified atom stereocenters. The van der Waals surface area contributed by atoms with Crippen LogP contribution in [0.2, 0.25) is 5.02 Å². The summed E-state index contributed by atoms with van der Waals surface area (Å²) < 4.78 is 27.8. The molecule has 0 spiro atoms. The fourth-order valence-electron chi connectivity index (χ4n) is 3.45. The Hall–Kier alpha value is -2.30. The molecule has 0 aliphatic carbocycles. The van der Waals surface area contributed by atoms with E-state index < -0.39 is 21.2 Å². The summed E-state index contributed by atoms with van der Waals surface area (Å²) in [5, 5.41) is 2.20. The van der Waals surface area contributed by atoms with Gasteiger partial charge in [-0.1, -0.05) is 18.5 Å². The molecule has 31 heavy (non-hydrogen) atoms. The van der Waals surface area contributed by atoms with Gasteiger partial charge in [-0.05, 0) is 49.1 Å². The minimum Gasteiger partial charge on any atom is -0.341 e. The summed E-state index contributed by atoms with van der Waals surface area (Å²) in [6, 6.07) is 7.39. The number of pyridine rings is 1. The third-order valence-corrected chi connectivity index (χ3v) is 8.13. The highest BCUT2D eigenvalue weighted by Crippen LogP contribution is 2.38. The maximum atomic E-state index is 12.9. The molecule has 4 rings (SSSR count). The van der Waals surface area contributed by atoms with E-state index in [1.54, 1.807) is 11.0 Å². The molecule has 1 aromatic heterocycles. The predicted octanol–water partition coefficient (Wildman–Crippen LogP) is 3.21. The van der Waals surface area contributed by atoms with Gasteiger partial charge in [0.05, 0.1) is 15.6 Å². The first kappa shape index (κ1) is 21.9. The van der Waals surface area contributed by atoms with Crippen LogP contribution >= 0.6 is 23.4 Å². The Bertz CT molecular complexity index is 1120. The summed E-state index contributed by atoms with van der Waals surface area (Å²) in [5.74, 6) is 0.0620. The fourth-order valence-corrected chi connectivity index (χ4v) is 5.64. The number of benzene rings is 1. The van der Waals surface area contributed by atoms with Gasteiger partial charge in [-0.2, -0.15) is 0 Å².